The highest BCUT2D eigenvalue weighted by Crippen LogP contribution is 2.30. The molecule has 1 saturated heterocycles. The van der Waals surface area contributed by atoms with Gasteiger partial charge in [0.1, 0.15) is 5.69 Å². The third-order valence-corrected chi connectivity index (χ3v) is 5.08. The standard InChI is InChI=1S/C18H24N4O4/c1-12(18(24)19-15-4-5-15)20-7-9-21(10-8-20)16-6-3-14(13(2)23)11-17(16)22(25)26/h3,6,11-12,15H,4-5,7-10H2,1-2H3,(H,19,24). The number of ketones is 1. The van der Waals surface area contributed by atoms with Crippen LogP contribution in [0.25, 0.3) is 0 Å². The number of rotatable bonds is 6. The van der Waals surface area contributed by atoms with Crippen molar-refractivity contribution < 1.29 is 14.5 Å². The normalized spacial score (nSPS) is 19.1. The number of Topliss-reactive ketones (excluding diaryl/α,β-unsaturated/α-hetero) is 1. The zero-order chi connectivity index (χ0) is 18.8. The fourth-order valence-electron chi connectivity index (χ4n) is 3.22. The molecule has 140 valence electrons. The molecule has 0 radical (unpaired) electrons. The SMILES string of the molecule is CC(=O)c1ccc(N2CCN(C(C)C(=O)NC3CC3)CC2)c([N+](=O)[O-])c1. The van der Waals surface area contributed by atoms with Gasteiger partial charge in [-0.15, -0.1) is 0 Å². The Bertz CT molecular complexity index is 724. The van der Waals surface area contributed by atoms with Gasteiger partial charge in [0.2, 0.25) is 5.91 Å². The summed E-state index contributed by atoms with van der Waals surface area (Å²) in [6, 6.07) is 4.76. The Morgan fingerprint density at radius 1 is 1.23 bits per heavy atom. The molecule has 8 nitrogen and oxygen atoms in total. The first kappa shape index (κ1) is 18.3. The minimum Gasteiger partial charge on any atom is -0.363 e. The Morgan fingerprint density at radius 3 is 2.42 bits per heavy atom. The molecule has 0 aromatic heterocycles. The lowest BCUT2D eigenvalue weighted by Crippen LogP contribution is -2.54. The molecule has 1 atom stereocenters. The van der Waals surface area contributed by atoms with Gasteiger partial charge in [-0.2, -0.15) is 0 Å². The van der Waals surface area contributed by atoms with Crippen LogP contribution in [0.15, 0.2) is 18.2 Å². The first-order valence-electron chi connectivity index (χ1n) is 8.95. The second-order valence-corrected chi connectivity index (χ2v) is 7.00. The summed E-state index contributed by atoms with van der Waals surface area (Å²) in [6.45, 7) is 5.81. The maximum atomic E-state index is 12.2. The zero-order valence-electron chi connectivity index (χ0n) is 15.1. The van der Waals surface area contributed by atoms with Gasteiger partial charge >= 0.3 is 0 Å². The van der Waals surface area contributed by atoms with E-state index >= 15 is 0 Å². The summed E-state index contributed by atoms with van der Waals surface area (Å²) < 4.78 is 0. The number of nitrogens with zero attached hydrogens (tertiary/aromatic N) is 3. The molecule has 26 heavy (non-hydrogen) atoms. The number of nitro benzene ring substituents is 1. The van der Waals surface area contributed by atoms with Gasteiger partial charge < -0.3 is 10.2 Å². The number of carbonyl (C=O) groups is 2. The van der Waals surface area contributed by atoms with Crippen molar-refractivity contribution >= 4 is 23.1 Å². The van der Waals surface area contributed by atoms with Crippen molar-refractivity contribution in [3.05, 3.63) is 33.9 Å². The quantitative estimate of drug-likeness (QED) is 0.470. The minimum absolute atomic E-state index is 0.0503. The van der Waals surface area contributed by atoms with E-state index in [-0.39, 0.29) is 23.4 Å². The lowest BCUT2D eigenvalue weighted by Gasteiger charge is -2.38. The first-order valence-corrected chi connectivity index (χ1v) is 8.95. The Balaban J connectivity index is 1.66. The fraction of sp³-hybridized carbons (Fsp3) is 0.556. The van der Waals surface area contributed by atoms with Crippen molar-refractivity contribution in [1.82, 2.24) is 10.2 Å². The molecule has 3 rings (SSSR count). The highest BCUT2D eigenvalue weighted by molar-refractivity contribution is 5.95. The molecule has 0 spiro atoms. The summed E-state index contributed by atoms with van der Waals surface area (Å²) in [5, 5.41) is 14.4. The molecule has 1 N–H and O–H groups in total. The van der Waals surface area contributed by atoms with Crippen LogP contribution in [0.2, 0.25) is 0 Å². The molecule has 1 aliphatic carbocycles. The average Bonchev–Trinajstić information content (AvgIpc) is 3.44. The number of hydrogen-bond acceptors (Lipinski definition) is 6. The van der Waals surface area contributed by atoms with Crippen LogP contribution < -0.4 is 10.2 Å². The zero-order valence-corrected chi connectivity index (χ0v) is 15.1. The van der Waals surface area contributed by atoms with E-state index < -0.39 is 4.92 Å². The van der Waals surface area contributed by atoms with Gasteiger partial charge in [0.15, 0.2) is 5.78 Å². The molecule has 1 amide bonds. The summed E-state index contributed by atoms with van der Waals surface area (Å²) in [5.41, 5.74) is 0.810. The lowest BCUT2D eigenvalue weighted by atomic mass is 10.1. The van der Waals surface area contributed by atoms with Crippen molar-refractivity contribution in [2.45, 2.75) is 38.8 Å². The number of anilines is 1. The Labute approximate surface area is 152 Å². The molecule has 8 heteroatoms. The lowest BCUT2D eigenvalue weighted by molar-refractivity contribution is -0.384. The smallest absolute Gasteiger partial charge is 0.293 e. The van der Waals surface area contributed by atoms with Crippen molar-refractivity contribution in [3.63, 3.8) is 0 Å². The molecule has 1 heterocycles. The number of carbonyl (C=O) groups excluding carboxylic acids is 2. The van der Waals surface area contributed by atoms with Crippen LogP contribution >= 0.6 is 0 Å². The predicted octanol–water partition coefficient (Wildman–Crippen LogP) is 1.59. The maximum Gasteiger partial charge on any atom is 0.293 e. The summed E-state index contributed by atoms with van der Waals surface area (Å²) in [5.74, 6) is -0.141. The van der Waals surface area contributed by atoms with Crippen LogP contribution in [-0.2, 0) is 4.79 Å². The van der Waals surface area contributed by atoms with Crippen molar-refractivity contribution in [3.8, 4) is 0 Å². The summed E-state index contributed by atoms with van der Waals surface area (Å²) >= 11 is 0. The van der Waals surface area contributed by atoms with Crippen molar-refractivity contribution in [2.75, 3.05) is 31.1 Å². The second-order valence-electron chi connectivity index (χ2n) is 7.00. The maximum absolute atomic E-state index is 12.2. The second kappa shape index (κ2) is 7.41. The molecule has 2 aliphatic rings. The van der Waals surface area contributed by atoms with Crippen LogP contribution in [0.5, 0.6) is 0 Å². The summed E-state index contributed by atoms with van der Waals surface area (Å²) in [4.78, 5) is 38.7. The van der Waals surface area contributed by atoms with Gasteiger partial charge in [-0.1, -0.05) is 0 Å². The first-order chi connectivity index (χ1) is 12.4. The van der Waals surface area contributed by atoms with Crippen LogP contribution in [0.4, 0.5) is 11.4 Å². The third kappa shape index (κ3) is 4.01. The molecule has 1 aliphatic heterocycles. The highest BCUT2D eigenvalue weighted by Gasteiger charge is 2.31. The minimum atomic E-state index is -0.445. The molecule has 1 aromatic carbocycles. The van der Waals surface area contributed by atoms with Crippen LogP contribution in [-0.4, -0.2) is 59.8 Å². The van der Waals surface area contributed by atoms with Gasteiger partial charge in [0.25, 0.3) is 5.69 Å². The number of benzene rings is 1. The molecular formula is C18H24N4O4. The fourth-order valence-corrected chi connectivity index (χ4v) is 3.22. The topological polar surface area (TPSA) is 95.8 Å². The average molecular weight is 360 g/mol. The number of amides is 1. The van der Waals surface area contributed by atoms with Crippen molar-refractivity contribution in [2.24, 2.45) is 0 Å². The van der Waals surface area contributed by atoms with E-state index in [1.54, 1.807) is 12.1 Å². The largest absolute Gasteiger partial charge is 0.363 e. The monoisotopic (exact) mass is 360 g/mol. The summed E-state index contributed by atoms with van der Waals surface area (Å²) in [7, 11) is 0. The van der Waals surface area contributed by atoms with E-state index in [4.69, 9.17) is 0 Å². The number of hydrogen-bond donors (Lipinski definition) is 1. The number of piperazine rings is 1. The van der Waals surface area contributed by atoms with Gasteiger partial charge in [0.05, 0.1) is 11.0 Å². The predicted molar refractivity (Wildman–Crippen MR) is 97.5 cm³/mol. The molecular weight excluding hydrogens is 336 g/mol. The molecule has 1 aromatic rings. The van der Waals surface area contributed by atoms with E-state index in [1.165, 1.54) is 13.0 Å². The number of nitrogens with one attached hydrogen (secondary N) is 1. The van der Waals surface area contributed by atoms with Crippen LogP contribution in [0, 0.1) is 10.1 Å². The van der Waals surface area contributed by atoms with E-state index in [9.17, 15) is 19.7 Å². The molecule has 0 bridgehead atoms. The van der Waals surface area contributed by atoms with Crippen LogP contribution in [0.3, 0.4) is 0 Å². The van der Waals surface area contributed by atoms with Gasteiger partial charge in [-0.3, -0.25) is 24.6 Å². The molecule has 1 saturated carbocycles. The van der Waals surface area contributed by atoms with Crippen molar-refractivity contribution in [1.29, 1.82) is 0 Å². The van der Waals surface area contributed by atoms with E-state index in [0.717, 1.165) is 12.8 Å². The Morgan fingerprint density at radius 2 is 1.88 bits per heavy atom. The van der Waals surface area contributed by atoms with Gasteiger partial charge in [-0.25, -0.2) is 0 Å². The van der Waals surface area contributed by atoms with E-state index in [2.05, 4.69) is 10.2 Å². The van der Waals surface area contributed by atoms with Crippen LogP contribution in [0.1, 0.15) is 37.0 Å². The summed E-state index contributed by atoms with van der Waals surface area (Å²) in [6.07, 6.45) is 2.12. The molecule has 1 unspecified atom stereocenters. The highest BCUT2D eigenvalue weighted by atomic mass is 16.6. The number of nitro groups is 1. The Hall–Kier alpha value is -2.48. The third-order valence-electron chi connectivity index (χ3n) is 5.08. The van der Waals surface area contributed by atoms with Gasteiger partial charge in [-0.05, 0) is 38.8 Å². The van der Waals surface area contributed by atoms with E-state index in [1.807, 2.05) is 11.8 Å². The van der Waals surface area contributed by atoms with E-state index in [0.29, 0.717) is 43.5 Å². The van der Waals surface area contributed by atoms with Gasteiger partial charge in [0, 0.05) is 43.9 Å². The Kier molecular flexibility index (Phi) is 5.22. The molecule has 2 fully saturated rings.